The van der Waals surface area contributed by atoms with Gasteiger partial charge in [0, 0.05) is 6.42 Å². The monoisotopic (exact) mass is 248 g/mol. The summed E-state index contributed by atoms with van der Waals surface area (Å²) in [6.07, 6.45) is 2.20. The number of carbonyl (C=O) groups is 1. The van der Waals surface area contributed by atoms with Crippen molar-refractivity contribution in [3.05, 3.63) is 23.8 Å². The molecule has 3 nitrogen and oxygen atoms in total. The molecule has 0 bridgehead atoms. The van der Waals surface area contributed by atoms with Gasteiger partial charge in [0.2, 0.25) is 0 Å². The Morgan fingerprint density at radius 3 is 2.61 bits per heavy atom. The fraction of sp³-hybridized carbons (Fsp3) is 0.500. The minimum atomic E-state index is -0.213. The van der Waals surface area contributed by atoms with Crippen molar-refractivity contribution in [3.8, 4) is 11.5 Å². The molecule has 0 fully saturated rings. The average Bonchev–Trinajstić information content (AvgIpc) is 2.31. The van der Waals surface area contributed by atoms with Gasteiger partial charge in [0.25, 0.3) is 0 Å². The van der Waals surface area contributed by atoms with Crippen LogP contribution in [0.5, 0.6) is 11.5 Å². The van der Waals surface area contributed by atoms with E-state index in [4.69, 9.17) is 9.47 Å². The fourth-order valence-electron chi connectivity index (χ4n) is 1.58. The Hall–Kier alpha value is -1.45. The summed E-state index contributed by atoms with van der Waals surface area (Å²) in [4.78, 5) is 11.5. The fourth-order valence-corrected chi connectivity index (χ4v) is 1.58. The number of esters is 1. The smallest absolute Gasteiger partial charge is 0.311 e. The Morgan fingerprint density at radius 2 is 2.06 bits per heavy atom. The first-order valence-electron chi connectivity index (χ1n) is 6.57. The van der Waals surface area contributed by atoms with Crippen molar-refractivity contribution in [2.24, 2.45) is 0 Å². The molecule has 0 aromatic heterocycles. The standard InChI is InChI=1S/C14H21BO3/c1-4-5-14(16)18-12-7-6-11(9-15)8-13(12)17-10(2)3/h6-8,10H,4-5,9,15H2,1-3H3. The molecule has 0 heterocycles. The molecule has 0 saturated carbocycles. The van der Waals surface area contributed by atoms with Crippen LogP contribution in [0.2, 0.25) is 0 Å². The summed E-state index contributed by atoms with van der Waals surface area (Å²) in [5.74, 6) is 0.948. The molecule has 0 N–H and O–H groups in total. The van der Waals surface area contributed by atoms with Gasteiger partial charge in [-0.25, -0.2) is 0 Å². The van der Waals surface area contributed by atoms with Gasteiger partial charge in [0.1, 0.15) is 7.85 Å². The summed E-state index contributed by atoms with van der Waals surface area (Å²) in [5.41, 5.74) is 1.17. The van der Waals surface area contributed by atoms with Crippen LogP contribution in [0, 0.1) is 0 Å². The van der Waals surface area contributed by atoms with Crippen molar-refractivity contribution in [2.45, 2.75) is 46.0 Å². The van der Waals surface area contributed by atoms with Crippen molar-refractivity contribution in [3.63, 3.8) is 0 Å². The van der Waals surface area contributed by atoms with E-state index in [2.05, 4.69) is 7.85 Å². The summed E-state index contributed by atoms with van der Waals surface area (Å²) in [6.45, 7) is 5.86. The summed E-state index contributed by atoms with van der Waals surface area (Å²) >= 11 is 0. The zero-order valence-electron chi connectivity index (χ0n) is 11.7. The van der Waals surface area contributed by atoms with E-state index >= 15 is 0 Å². The van der Waals surface area contributed by atoms with Crippen LogP contribution in [0.3, 0.4) is 0 Å². The summed E-state index contributed by atoms with van der Waals surface area (Å²) in [5, 5.41) is 0. The molecule has 0 spiro atoms. The Bertz CT molecular complexity index is 402. The largest absolute Gasteiger partial charge is 0.487 e. The third kappa shape index (κ3) is 4.44. The number of rotatable bonds is 6. The number of hydrogen-bond donors (Lipinski definition) is 0. The first kappa shape index (κ1) is 14.6. The first-order chi connectivity index (χ1) is 8.56. The van der Waals surface area contributed by atoms with Gasteiger partial charge < -0.3 is 9.47 Å². The molecule has 0 radical (unpaired) electrons. The van der Waals surface area contributed by atoms with Crippen LogP contribution in [0.15, 0.2) is 18.2 Å². The zero-order chi connectivity index (χ0) is 13.5. The molecular formula is C14H21BO3. The highest BCUT2D eigenvalue weighted by Gasteiger charge is 2.11. The van der Waals surface area contributed by atoms with Crippen molar-refractivity contribution >= 4 is 13.8 Å². The average molecular weight is 248 g/mol. The molecule has 0 aliphatic heterocycles. The maximum absolute atomic E-state index is 11.5. The van der Waals surface area contributed by atoms with Gasteiger partial charge in [0.05, 0.1) is 6.10 Å². The lowest BCUT2D eigenvalue weighted by atomic mass is 9.97. The van der Waals surface area contributed by atoms with Gasteiger partial charge >= 0.3 is 5.97 Å². The van der Waals surface area contributed by atoms with Crippen molar-refractivity contribution in [1.82, 2.24) is 0 Å². The van der Waals surface area contributed by atoms with Crippen LogP contribution in [0.4, 0.5) is 0 Å². The highest BCUT2D eigenvalue weighted by atomic mass is 16.6. The lowest BCUT2D eigenvalue weighted by Gasteiger charge is -2.15. The van der Waals surface area contributed by atoms with E-state index in [1.54, 1.807) is 0 Å². The Labute approximate surface area is 110 Å². The number of hydrogen-bond acceptors (Lipinski definition) is 3. The molecule has 98 valence electrons. The van der Waals surface area contributed by atoms with E-state index < -0.39 is 0 Å². The normalized spacial score (nSPS) is 10.4. The Balaban J connectivity index is 2.90. The molecule has 1 aromatic rings. The molecule has 0 amide bonds. The van der Waals surface area contributed by atoms with Gasteiger partial charge in [-0.1, -0.05) is 24.9 Å². The number of benzene rings is 1. The summed E-state index contributed by atoms with van der Waals surface area (Å²) in [7, 11) is 2.08. The lowest BCUT2D eigenvalue weighted by Crippen LogP contribution is -2.11. The summed E-state index contributed by atoms with van der Waals surface area (Å²) < 4.78 is 11.0. The highest BCUT2D eigenvalue weighted by molar-refractivity contribution is 6.08. The lowest BCUT2D eigenvalue weighted by molar-refractivity contribution is -0.134. The zero-order valence-corrected chi connectivity index (χ0v) is 11.7. The van der Waals surface area contributed by atoms with Crippen LogP contribution in [0.25, 0.3) is 0 Å². The van der Waals surface area contributed by atoms with Crippen LogP contribution in [-0.4, -0.2) is 19.9 Å². The molecule has 0 aliphatic rings. The second kappa shape index (κ2) is 7.09. The van der Waals surface area contributed by atoms with E-state index in [0.717, 1.165) is 12.7 Å². The molecule has 1 rings (SSSR count). The molecule has 1 aromatic carbocycles. The molecule has 0 unspecified atom stereocenters. The van der Waals surface area contributed by atoms with E-state index in [0.29, 0.717) is 17.9 Å². The highest BCUT2D eigenvalue weighted by Crippen LogP contribution is 2.29. The van der Waals surface area contributed by atoms with Crippen LogP contribution < -0.4 is 9.47 Å². The third-order valence-corrected chi connectivity index (χ3v) is 2.46. The molecule has 0 aliphatic carbocycles. The Kier molecular flexibility index (Phi) is 5.76. The molecule has 4 heteroatoms. The predicted octanol–water partition coefficient (Wildman–Crippen LogP) is 2.31. The van der Waals surface area contributed by atoms with Crippen molar-refractivity contribution < 1.29 is 14.3 Å². The first-order valence-corrected chi connectivity index (χ1v) is 6.57. The van der Waals surface area contributed by atoms with Gasteiger partial charge in [-0.3, -0.25) is 4.79 Å². The van der Waals surface area contributed by atoms with Gasteiger partial charge in [0.15, 0.2) is 11.5 Å². The maximum atomic E-state index is 11.5. The Morgan fingerprint density at radius 1 is 1.33 bits per heavy atom. The molecule has 18 heavy (non-hydrogen) atoms. The van der Waals surface area contributed by atoms with Crippen molar-refractivity contribution in [2.75, 3.05) is 0 Å². The second-order valence-corrected chi connectivity index (χ2v) is 4.53. The number of ether oxygens (including phenoxy) is 2. The quantitative estimate of drug-likeness (QED) is 0.440. The number of carbonyl (C=O) groups excluding carboxylic acids is 1. The van der Waals surface area contributed by atoms with Gasteiger partial charge in [-0.2, -0.15) is 0 Å². The SMILES string of the molecule is BCc1ccc(OC(=O)CCC)c(OC(C)C)c1. The van der Waals surface area contributed by atoms with Crippen LogP contribution in [0.1, 0.15) is 39.2 Å². The van der Waals surface area contributed by atoms with E-state index in [9.17, 15) is 4.79 Å². The van der Waals surface area contributed by atoms with Crippen LogP contribution >= 0.6 is 0 Å². The maximum Gasteiger partial charge on any atom is 0.311 e. The van der Waals surface area contributed by atoms with Gasteiger partial charge in [-0.05, 0) is 32.4 Å². The van der Waals surface area contributed by atoms with E-state index in [-0.39, 0.29) is 12.1 Å². The second-order valence-electron chi connectivity index (χ2n) is 4.53. The molecule has 0 saturated heterocycles. The molecule has 0 atom stereocenters. The van der Waals surface area contributed by atoms with Gasteiger partial charge in [-0.15, -0.1) is 0 Å². The minimum absolute atomic E-state index is 0.0562. The molecular weight excluding hydrogens is 227 g/mol. The third-order valence-electron chi connectivity index (χ3n) is 2.46. The summed E-state index contributed by atoms with van der Waals surface area (Å²) in [6, 6.07) is 5.71. The topological polar surface area (TPSA) is 35.5 Å². The minimum Gasteiger partial charge on any atom is -0.487 e. The van der Waals surface area contributed by atoms with Crippen molar-refractivity contribution in [1.29, 1.82) is 0 Å². The van der Waals surface area contributed by atoms with E-state index in [1.807, 2.05) is 39.0 Å². The predicted molar refractivity (Wildman–Crippen MR) is 75.0 cm³/mol. The van der Waals surface area contributed by atoms with E-state index in [1.165, 1.54) is 5.56 Å². The van der Waals surface area contributed by atoms with Crippen LogP contribution in [-0.2, 0) is 11.1 Å².